The van der Waals surface area contributed by atoms with Crippen LogP contribution in [0.15, 0.2) is 158 Å². The molecule has 15 heteroatoms. The summed E-state index contributed by atoms with van der Waals surface area (Å²) in [6.07, 6.45) is -1.72. The van der Waals surface area contributed by atoms with Crippen LogP contribution in [0.3, 0.4) is 0 Å². The largest absolute Gasteiger partial charge is 0.489 e. The zero-order valence-corrected chi connectivity index (χ0v) is 45.0. The molecule has 394 valence electrons. The van der Waals surface area contributed by atoms with E-state index in [2.05, 4.69) is 30.3 Å². The van der Waals surface area contributed by atoms with Gasteiger partial charge in [-0.25, -0.2) is 14.4 Å². The van der Waals surface area contributed by atoms with Crippen LogP contribution in [0.4, 0.5) is 9.59 Å². The molecule has 6 aromatic carbocycles. The topological polar surface area (TPSA) is 168 Å². The summed E-state index contributed by atoms with van der Waals surface area (Å²) in [5.41, 5.74) is 5.05. The number of amides is 3. The highest BCUT2D eigenvalue weighted by molar-refractivity contribution is 6.76. The maximum Gasteiger partial charge on any atom is 0.408 e. The van der Waals surface area contributed by atoms with Crippen molar-refractivity contribution in [2.45, 2.75) is 103 Å². The van der Waals surface area contributed by atoms with E-state index < -0.39 is 55.8 Å². The van der Waals surface area contributed by atoms with Crippen LogP contribution in [0.2, 0.25) is 25.7 Å². The fourth-order valence-corrected chi connectivity index (χ4v) is 8.37. The smallest absolute Gasteiger partial charge is 0.408 e. The van der Waals surface area contributed by atoms with Crippen LogP contribution >= 0.6 is 0 Å². The Kier molecular flexibility index (Phi) is 20.6. The van der Waals surface area contributed by atoms with Crippen molar-refractivity contribution >= 4 is 38.1 Å². The van der Waals surface area contributed by atoms with Gasteiger partial charge >= 0.3 is 24.1 Å². The molecular formula is C60H69N3O11Si. The predicted molar refractivity (Wildman–Crippen MR) is 291 cm³/mol. The Balaban J connectivity index is 1.36. The number of alkyl carbamates (subject to hydrolysis) is 2. The molecule has 0 aromatic heterocycles. The molecule has 3 amide bonds. The van der Waals surface area contributed by atoms with Crippen LogP contribution < -0.4 is 20.1 Å². The predicted octanol–water partition coefficient (Wildman–Crippen LogP) is 10.9. The first kappa shape index (κ1) is 56.4. The lowest BCUT2D eigenvalue weighted by Gasteiger charge is -2.27. The second kappa shape index (κ2) is 27.4. The Morgan fingerprint density at radius 1 is 0.533 bits per heavy atom. The van der Waals surface area contributed by atoms with Crippen molar-refractivity contribution in [3.05, 3.63) is 191 Å². The number of nitrogens with one attached hydrogen (secondary N) is 2. The van der Waals surface area contributed by atoms with Crippen LogP contribution in [-0.4, -0.2) is 80.9 Å². The third kappa shape index (κ3) is 19.5. The van der Waals surface area contributed by atoms with Gasteiger partial charge in [0, 0.05) is 28.0 Å². The second-order valence-corrected chi connectivity index (χ2v) is 26.0. The van der Waals surface area contributed by atoms with Gasteiger partial charge < -0.3 is 44.0 Å². The molecule has 0 spiro atoms. The van der Waals surface area contributed by atoms with E-state index in [1.165, 1.54) is 11.9 Å². The molecule has 6 rings (SSSR count). The van der Waals surface area contributed by atoms with Crippen molar-refractivity contribution in [2.24, 2.45) is 0 Å². The zero-order valence-electron chi connectivity index (χ0n) is 44.0. The Morgan fingerprint density at radius 3 is 1.41 bits per heavy atom. The summed E-state index contributed by atoms with van der Waals surface area (Å²) in [6, 6.07) is 47.2. The van der Waals surface area contributed by atoms with Crippen LogP contribution in [0.5, 0.6) is 11.5 Å². The average molecular weight is 1040 g/mol. The molecule has 0 heterocycles. The SMILES string of the molecule is CN(CC(=O)OCc1ccccc1)C(=O)[C@H](Cc1cc(-c2ccc(OCc3ccccc3)c(C[C@H](NC(=O)OCc3ccccc3)C(=O)OCC[Si](C)(C)C)c2)ccc1OCc1ccccc1)NC(=O)OC(C)(C)C. The minimum Gasteiger partial charge on any atom is -0.489 e. The number of rotatable bonds is 24. The summed E-state index contributed by atoms with van der Waals surface area (Å²) in [7, 11) is -0.122. The summed E-state index contributed by atoms with van der Waals surface area (Å²) >= 11 is 0. The van der Waals surface area contributed by atoms with Crippen molar-refractivity contribution < 1.29 is 52.4 Å². The molecule has 0 fully saturated rings. The fourth-order valence-electron chi connectivity index (χ4n) is 7.66. The second-order valence-electron chi connectivity index (χ2n) is 20.4. The third-order valence-corrected chi connectivity index (χ3v) is 13.3. The fraction of sp³-hybridized carbons (Fsp3) is 0.317. The molecule has 0 unspecified atom stereocenters. The van der Waals surface area contributed by atoms with Gasteiger partial charge in [-0.3, -0.25) is 9.59 Å². The minimum atomic E-state index is -1.59. The maximum absolute atomic E-state index is 14.4. The number of hydrogen-bond acceptors (Lipinski definition) is 11. The monoisotopic (exact) mass is 1040 g/mol. The summed E-state index contributed by atoms with van der Waals surface area (Å²) in [5, 5.41) is 5.54. The van der Waals surface area contributed by atoms with Gasteiger partial charge in [0.15, 0.2) is 0 Å². The molecule has 0 saturated carbocycles. The van der Waals surface area contributed by atoms with E-state index in [9.17, 15) is 24.0 Å². The van der Waals surface area contributed by atoms with E-state index in [0.29, 0.717) is 33.8 Å². The lowest BCUT2D eigenvalue weighted by Crippen LogP contribution is -2.50. The Bertz CT molecular complexity index is 2800. The van der Waals surface area contributed by atoms with E-state index in [-0.39, 0.29) is 52.4 Å². The number of likely N-dealkylation sites (N-methyl/N-ethyl adjacent to an activating group) is 1. The third-order valence-electron chi connectivity index (χ3n) is 11.6. The van der Waals surface area contributed by atoms with E-state index in [1.807, 2.05) is 152 Å². The van der Waals surface area contributed by atoms with Crippen molar-refractivity contribution in [1.29, 1.82) is 0 Å². The molecule has 6 aromatic rings. The quantitative estimate of drug-likeness (QED) is 0.0336. The highest BCUT2D eigenvalue weighted by Crippen LogP contribution is 2.33. The standard InChI is InChI=1S/C60H69N3O11Si/c1-60(2,3)74-59(68)61-51(56(65)63(4)38-55(64)72-41-45-24-16-10-17-25-45)36-49-34-47(28-30-53(49)70-39-43-20-12-8-13-21-43)48-29-31-54(71-40-44-22-14-9-15-23-44)50(35-48)37-52(57(66)69-32-33-75(5,6)7)62-58(67)73-42-46-26-18-11-19-27-46/h8-31,34-35,51-52H,32-33,36-42H2,1-7H3,(H,61,68)(H,62,67)/t51-,52-/m0/s1. The van der Waals surface area contributed by atoms with Gasteiger partial charge in [-0.2, -0.15) is 0 Å². The number of nitrogens with zero attached hydrogens (tertiary/aromatic N) is 1. The maximum atomic E-state index is 14.4. The van der Waals surface area contributed by atoms with Crippen LogP contribution in [0, 0.1) is 0 Å². The molecule has 75 heavy (non-hydrogen) atoms. The van der Waals surface area contributed by atoms with Crippen LogP contribution in [0.25, 0.3) is 11.1 Å². The van der Waals surface area contributed by atoms with Gasteiger partial charge in [0.05, 0.1) is 6.61 Å². The van der Waals surface area contributed by atoms with Crippen LogP contribution in [0.1, 0.15) is 54.2 Å². The van der Waals surface area contributed by atoms with E-state index in [1.54, 1.807) is 26.8 Å². The molecule has 14 nitrogen and oxygen atoms in total. The molecule has 2 N–H and O–H groups in total. The molecule has 0 aliphatic rings. The summed E-state index contributed by atoms with van der Waals surface area (Å²) < 4.78 is 35.4. The van der Waals surface area contributed by atoms with Gasteiger partial charge in [0.1, 0.15) is 62.2 Å². The number of hydrogen-bond donors (Lipinski definition) is 2. The van der Waals surface area contributed by atoms with Gasteiger partial charge in [-0.1, -0.05) is 153 Å². The lowest BCUT2D eigenvalue weighted by atomic mass is 9.95. The van der Waals surface area contributed by atoms with Crippen LogP contribution in [-0.2, 0) is 72.6 Å². The average Bonchev–Trinajstić information content (AvgIpc) is 3.38. The van der Waals surface area contributed by atoms with Gasteiger partial charge in [-0.05, 0) is 95.6 Å². The molecular weight excluding hydrogens is 967 g/mol. The molecule has 0 radical (unpaired) electrons. The number of benzene rings is 6. The van der Waals surface area contributed by atoms with E-state index in [0.717, 1.165) is 28.3 Å². The van der Waals surface area contributed by atoms with Crippen molar-refractivity contribution in [1.82, 2.24) is 15.5 Å². The van der Waals surface area contributed by atoms with Gasteiger partial charge in [0.25, 0.3) is 0 Å². The minimum absolute atomic E-state index is 0.00426. The lowest BCUT2D eigenvalue weighted by molar-refractivity contribution is -0.150. The van der Waals surface area contributed by atoms with Crippen molar-refractivity contribution in [2.75, 3.05) is 20.2 Å². The van der Waals surface area contributed by atoms with Gasteiger partial charge in [0.2, 0.25) is 5.91 Å². The summed E-state index contributed by atoms with van der Waals surface area (Å²) in [6.45, 7) is 12.0. The summed E-state index contributed by atoms with van der Waals surface area (Å²) in [5.74, 6) is -0.903. The van der Waals surface area contributed by atoms with Crippen molar-refractivity contribution in [3.63, 3.8) is 0 Å². The molecule has 0 bridgehead atoms. The Labute approximate surface area is 441 Å². The number of ether oxygens (including phenoxy) is 6. The molecule has 0 saturated heterocycles. The Hall–Kier alpha value is -7.91. The van der Waals surface area contributed by atoms with E-state index in [4.69, 9.17) is 28.4 Å². The highest BCUT2D eigenvalue weighted by Gasteiger charge is 2.31. The first-order valence-electron chi connectivity index (χ1n) is 25.0. The Morgan fingerprint density at radius 2 is 0.960 bits per heavy atom. The molecule has 2 atom stereocenters. The van der Waals surface area contributed by atoms with Crippen molar-refractivity contribution in [3.8, 4) is 22.6 Å². The van der Waals surface area contributed by atoms with Gasteiger partial charge in [-0.15, -0.1) is 0 Å². The highest BCUT2D eigenvalue weighted by atomic mass is 28.3. The number of carbonyl (C=O) groups excluding carboxylic acids is 5. The first-order chi connectivity index (χ1) is 35.9. The number of carbonyl (C=O) groups is 5. The molecule has 0 aliphatic carbocycles. The summed E-state index contributed by atoms with van der Waals surface area (Å²) in [4.78, 5) is 69.6. The molecule has 0 aliphatic heterocycles. The van der Waals surface area contributed by atoms with E-state index >= 15 is 0 Å². The first-order valence-corrected chi connectivity index (χ1v) is 28.8. The zero-order chi connectivity index (χ0) is 53.8. The number of esters is 2. The normalized spacial score (nSPS) is 12.0.